The van der Waals surface area contributed by atoms with E-state index in [4.69, 9.17) is 4.74 Å². The van der Waals surface area contributed by atoms with Crippen molar-refractivity contribution in [2.75, 3.05) is 0 Å². The minimum Gasteiger partial charge on any atom is -0.490 e. The molecule has 1 aliphatic heterocycles. The molecule has 2 heteroatoms. The molecule has 0 fully saturated rings. The topological polar surface area (TPSA) is 26.3 Å². The summed E-state index contributed by atoms with van der Waals surface area (Å²) in [4.78, 5) is 11.5. The number of rotatable bonds is 0. The minimum atomic E-state index is 0.271. The van der Waals surface area contributed by atoms with Gasteiger partial charge in [-0.25, -0.2) is 0 Å². The molecule has 0 radical (unpaired) electrons. The molecule has 1 heterocycles. The first kappa shape index (κ1) is 8.04. The first-order valence-electron chi connectivity index (χ1n) is 5.10. The largest absolute Gasteiger partial charge is 0.490 e. The van der Waals surface area contributed by atoms with Gasteiger partial charge >= 0.3 is 0 Å². The van der Waals surface area contributed by atoms with Gasteiger partial charge in [-0.15, -0.1) is 0 Å². The number of carbonyl (C=O) groups is 1. The van der Waals surface area contributed by atoms with E-state index >= 15 is 0 Å². The Balaban J connectivity index is 2.19. The van der Waals surface area contributed by atoms with Crippen molar-refractivity contribution in [2.45, 2.75) is 32.3 Å². The monoisotopic (exact) mass is 188 g/mol. The van der Waals surface area contributed by atoms with Crippen LogP contribution in [0.3, 0.4) is 0 Å². The highest BCUT2D eigenvalue weighted by Gasteiger charge is 2.29. The van der Waals surface area contributed by atoms with E-state index in [0.29, 0.717) is 12.2 Å². The van der Waals surface area contributed by atoms with Gasteiger partial charge in [0.05, 0.1) is 0 Å². The van der Waals surface area contributed by atoms with Gasteiger partial charge in [0, 0.05) is 24.0 Å². The summed E-state index contributed by atoms with van der Waals surface area (Å²) in [7, 11) is 0. The highest BCUT2D eigenvalue weighted by molar-refractivity contribution is 6.01. The second-order valence-corrected chi connectivity index (χ2v) is 4.12. The summed E-state index contributed by atoms with van der Waals surface area (Å²) < 4.78 is 5.66. The Kier molecular flexibility index (Phi) is 1.49. The Morgan fingerprint density at radius 1 is 1.29 bits per heavy atom. The average molecular weight is 188 g/mol. The second-order valence-electron chi connectivity index (χ2n) is 4.12. The van der Waals surface area contributed by atoms with Crippen molar-refractivity contribution in [3.8, 4) is 5.75 Å². The minimum absolute atomic E-state index is 0.271. The molecule has 2 aliphatic rings. The molecule has 1 atom stereocenters. The number of fused-ring (bicyclic) bond motifs is 3. The van der Waals surface area contributed by atoms with Crippen LogP contribution in [0, 0.1) is 0 Å². The Morgan fingerprint density at radius 2 is 2.14 bits per heavy atom. The van der Waals surface area contributed by atoms with E-state index in [2.05, 4.69) is 6.92 Å². The predicted molar refractivity (Wildman–Crippen MR) is 52.9 cm³/mol. The van der Waals surface area contributed by atoms with Gasteiger partial charge in [-0.1, -0.05) is 0 Å². The van der Waals surface area contributed by atoms with E-state index < -0.39 is 0 Å². The van der Waals surface area contributed by atoms with Crippen LogP contribution in [0.15, 0.2) is 12.1 Å². The summed E-state index contributed by atoms with van der Waals surface area (Å²) in [6.07, 6.45) is 2.83. The summed E-state index contributed by atoms with van der Waals surface area (Å²) in [6, 6.07) is 3.86. The van der Waals surface area contributed by atoms with Gasteiger partial charge < -0.3 is 4.74 Å². The number of Topliss-reactive ketones (excluding diaryl/α,β-unsaturated/α-hetero) is 1. The third-order valence-corrected chi connectivity index (χ3v) is 3.11. The summed E-state index contributed by atoms with van der Waals surface area (Å²) in [5, 5.41) is 0. The van der Waals surface area contributed by atoms with Gasteiger partial charge in [-0.2, -0.15) is 0 Å². The fourth-order valence-corrected chi connectivity index (χ4v) is 2.47. The van der Waals surface area contributed by atoms with Crippen LogP contribution in [-0.2, 0) is 12.8 Å². The normalized spacial score (nSPS) is 23.2. The maximum atomic E-state index is 11.5. The van der Waals surface area contributed by atoms with Crippen LogP contribution in [0.5, 0.6) is 5.75 Å². The Hall–Kier alpha value is -1.31. The lowest BCUT2D eigenvalue weighted by atomic mass is 10.00. The molecule has 0 saturated carbocycles. The lowest BCUT2D eigenvalue weighted by Gasteiger charge is -2.03. The molecule has 3 rings (SSSR count). The Bertz CT molecular complexity index is 421. The van der Waals surface area contributed by atoms with Crippen LogP contribution in [0.25, 0.3) is 0 Å². The predicted octanol–water partition coefficient (Wildman–Crippen LogP) is 2.14. The van der Waals surface area contributed by atoms with Gasteiger partial charge in [0.15, 0.2) is 5.78 Å². The Morgan fingerprint density at radius 3 is 3.00 bits per heavy atom. The second kappa shape index (κ2) is 2.59. The molecule has 0 N–H and O–H groups in total. The number of benzene rings is 1. The van der Waals surface area contributed by atoms with Gasteiger partial charge in [-0.3, -0.25) is 4.79 Å². The lowest BCUT2D eigenvalue weighted by molar-refractivity contribution is 0.0994. The molecular formula is C12H12O2. The zero-order chi connectivity index (χ0) is 9.71. The first-order valence-corrected chi connectivity index (χ1v) is 5.10. The van der Waals surface area contributed by atoms with E-state index in [1.807, 2.05) is 12.1 Å². The third-order valence-electron chi connectivity index (χ3n) is 3.11. The zero-order valence-corrected chi connectivity index (χ0v) is 8.17. The van der Waals surface area contributed by atoms with Crippen LogP contribution in [0.1, 0.15) is 34.8 Å². The number of hydrogen-bond donors (Lipinski definition) is 0. The number of carbonyl (C=O) groups excluding carboxylic acids is 1. The summed E-state index contributed by atoms with van der Waals surface area (Å²) in [5.41, 5.74) is 3.46. The van der Waals surface area contributed by atoms with Gasteiger partial charge in [0.25, 0.3) is 0 Å². The maximum absolute atomic E-state index is 11.5. The molecular weight excluding hydrogens is 176 g/mol. The molecule has 0 aromatic heterocycles. The van der Waals surface area contributed by atoms with E-state index in [0.717, 1.165) is 24.2 Å². The van der Waals surface area contributed by atoms with Gasteiger partial charge in [0.1, 0.15) is 11.9 Å². The van der Waals surface area contributed by atoms with Gasteiger partial charge in [-0.05, 0) is 31.0 Å². The molecule has 1 aromatic rings. The van der Waals surface area contributed by atoms with Crippen molar-refractivity contribution >= 4 is 5.78 Å². The van der Waals surface area contributed by atoms with E-state index in [-0.39, 0.29) is 6.10 Å². The first-order chi connectivity index (χ1) is 6.75. The van der Waals surface area contributed by atoms with E-state index in [9.17, 15) is 4.79 Å². The number of ether oxygens (including phenoxy) is 1. The van der Waals surface area contributed by atoms with Crippen molar-refractivity contribution in [1.82, 2.24) is 0 Å². The number of ketones is 1. The molecule has 1 aromatic carbocycles. The fourth-order valence-electron chi connectivity index (χ4n) is 2.47. The van der Waals surface area contributed by atoms with E-state index in [1.165, 1.54) is 11.1 Å². The summed E-state index contributed by atoms with van der Waals surface area (Å²) in [6.45, 7) is 2.07. The average Bonchev–Trinajstić information content (AvgIpc) is 2.68. The maximum Gasteiger partial charge on any atom is 0.163 e. The smallest absolute Gasteiger partial charge is 0.163 e. The molecule has 0 amide bonds. The van der Waals surface area contributed by atoms with Crippen LogP contribution >= 0.6 is 0 Å². The Labute approximate surface area is 82.9 Å². The molecule has 0 saturated heterocycles. The molecule has 1 unspecified atom stereocenters. The van der Waals surface area contributed by atoms with Gasteiger partial charge in [0.2, 0.25) is 0 Å². The third kappa shape index (κ3) is 0.939. The SMILES string of the molecule is CC1Cc2c(ccc3c2CCC3=O)O1. The van der Waals surface area contributed by atoms with Crippen molar-refractivity contribution in [3.05, 3.63) is 28.8 Å². The molecule has 72 valence electrons. The fraction of sp³-hybridized carbons (Fsp3) is 0.417. The number of hydrogen-bond acceptors (Lipinski definition) is 2. The van der Waals surface area contributed by atoms with Crippen LogP contribution < -0.4 is 4.74 Å². The standard InChI is InChI=1S/C12H12O2/c1-7-6-10-8-2-4-11(13)9(8)3-5-12(10)14-7/h3,5,7H,2,4,6H2,1H3. The molecule has 14 heavy (non-hydrogen) atoms. The van der Waals surface area contributed by atoms with Crippen LogP contribution in [0.4, 0.5) is 0 Å². The van der Waals surface area contributed by atoms with Crippen molar-refractivity contribution < 1.29 is 9.53 Å². The summed E-state index contributed by atoms with van der Waals surface area (Å²) in [5.74, 6) is 1.29. The quantitative estimate of drug-likeness (QED) is 0.623. The zero-order valence-electron chi connectivity index (χ0n) is 8.17. The van der Waals surface area contributed by atoms with Crippen LogP contribution in [-0.4, -0.2) is 11.9 Å². The van der Waals surface area contributed by atoms with Crippen molar-refractivity contribution in [1.29, 1.82) is 0 Å². The summed E-state index contributed by atoms with van der Waals surface area (Å²) >= 11 is 0. The molecule has 0 spiro atoms. The highest BCUT2D eigenvalue weighted by atomic mass is 16.5. The molecule has 2 nitrogen and oxygen atoms in total. The molecule has 1 aliphatic carbocycles. The van der Waals surface area contributed by atoms with Crippen molar-refractivity contribution in [3.63, 3.8) is 0 Å². The highest BCUT2D eigenvalue weighted by Crippen LogP contribution is 2.37. The van der Waals surface area contributed by atoms with Crippen LogP contribution in [0.2, 0.25) is 0 Å². The van der Waals surface area contributed by atoms with E-state index in [1.54, 1.807) is 0 Å². The van der Waals surface area contributed by atoms with Crippen molar-refractivity contribution in [2.24, 2.45) is 0 Å². The lowest BCUT2D eigenvalue weighted by Crippen LogP contribution is -2.05. The molecule has 0 bridgehead atoms.